The molecule has 0 saturated carbocycles. The van der Waals surface area contributed by atoms with Crippen molar-refractivity contribution >= 4 is 17.9 Å². The Morgan fingerprint density at radius 3 is 0.770 bits per heavy atom. The fourth-order valence-corrected chi connectivity index (χ4v) is 10.6. The monoisotopic (exact) mass is 1050 g/mol. The number of rotatable bonds is 62. The molecule has 0 aliphatic heterocycles. The highest BCUT2D eigenvalue weighted by molar-refractivity contribution is 5.71. The molecule has 1 unspecified atom stereocenters. The van der Waals surface area contributed by atoms with Crippen LogP contribution in [0.2, 0.25) is 0 Å². The Morgan fingerprint density at radius 1 is 0.284 bits per heavy atom. The van der Waals surface area contributed by atoms with Crippen LogP contribution >= 0.6 is 0 Å². The van der Waals surface area contributed by atoms with Crippen LogP contribution in [0.25, 0.3) is 0 Å². The molecule has 0 N–H and O–H groups in total. The Kier molecular flexibility index (Phi) is 59.3. The van der Waals surface area contributed by atoms with Crippen LogP contribution in [0.5, 0.6) is 0 Å². The molecule has 0 radical (unpaired) electrons. The van der Waals surface area contributed by atoms with E-state index in [2.05, 4.69) is 34.6 Å². The Balaban J connectivity index is 4.23. The predicted octanol–water partition coefficient (Wildman–Crippen LogP) is 22.8. The molecule has 0 aromatic carbocycles. The van der Waals surface area contributed by atoms with Gasteiger partial charge in [0.05, 0.1) is 0 Å². The third kappa shape index (κ3) is 59.7. The molecule has 0 rings (SSSR count). The van der Waals surface area contributed by atoms with E-state index in [1.54, 1.807) is 0 Å². The number of esters is 3. The van der Waals surface area contributed by atoms with Gasteiger partial charge >= 0.3 is 17.9 Å². The van der Waals surface area contributed by atoms with Gasteiger partial charge in [0.1, 0.15) is 13.2 Å². The van der Waals surface area contributed by atoms with Crippen LogP contribution in [0.15, 0.2) is 0 Å². The van der Waals surface area contributed by atoms with Crippen molar-refractivity contribution in [3.8, 4) is 0 Å². The molecular weight excluding hydrogens is 913 g/mol. The van der Waals surface area contributed by atoms with Crippen LogP contribution in [-0.4, -0.2) is 37.2 Å². The van der Waals surface area contributed by atoms with Gasteiger partial charge in [-0.25, -0.2) is 0 Å². The summed E-state index contributed by atoms with van der Waals surface area (Å²) in [6.07, 6.45) is 68.2. The van der Waals surface area contributed by atoms with Crippen LogP contribution in [-0.2, 0) is 28.6 Å². The van der Waals surface area contributed by atoms with Gasteiger partial charge in [-0.3, -0.25) is 14.4 Å². The van der Waals surface area contributed by atoms with E-state index in [1.807, 2.05) is 0 Å². The zero-order chi connectivity index (χ0) is 53.9. The van der Waals surface area contributed by atoms with E-state index in [1.165, 1.54) is 276 Å². The van der Waals surface area contributed by atoms with E-state index in [4.69, 9.17) is 14.2 Å². The van der Waals surface area contributed by atoms with Crippen LogP contribution in [0.1, 0.15) is 388 Å². The van der Waals surface area contributed by atoms with Crippen LogP contribution < -0.4 is 0 Å². The van der Waals surface area contributed by atoms with Crippen LogP contribution in [0.3, 0.4) is 0 Å². The maximum Gasteiger partial charge on any atom is 0.306 e. The zero-order valence-corrected chi connectivity index (χ0v) is 51.0. The lowest BCUT2D eigenvalue weighted by molar-refractivity contribution is -0.167. The van der Waals surface area contributed by atoms with E-state index in [-0.39, 0.29) is 31.1 Å². The van der Waals surface area contributed by atoms with E-state index in [9.17, 15) is 14.4 Å². The lowest BCUT2D eigenvalue weighted by atomic mass is 9.99. The van der Waals surface area contributed by atoms with Gasteiger partial charge in [-0.05, 0) is 31.1 Å². The molecule has 0 spiro atoms. The first-order valence-electron chi connectivity index (χ1n) is 33.8. The number of ether oxygens (including phenoxy) is 3. The molecule has 74 heavy (non-hydrogen) atoms. The quantitative estimate of drug-likeness (QED) is 0.0343. The minimum Gasteiger partial charge on any atom is -0.462 e. The molecule has 440 valence electrons. The Hall–Kier alpha value is -1.59. The maximum absolute atomic E-state index is 12.9. The van der Waals surface area contributed by atoms with Crippen molar-refractivity contribution in [2.75, 3.05) is 13.2 Å². The molecule has 6 nitrogen and oxygen atoms in total. The van der Waals surface area contributed by atoms with Gasteiger partial charge in [0.15, 0.2) is 6.10 Å². The topological polar surface area (TPSA) is 78.9 Å². The van der Waals surface area contributed by atoms with Gasteiger partial charge in [-0.2, -0.15) is 0 Å². The molecule has 0 saturated heterocycles. The fourth-order valence-electron chi connectivity index (χ4n) is 10.6. The average Bonchev–Trinajstić information content (AvgIpc) is 3.39. The molecule has 0 aliphatic rings. The number of hydrogen-bond donors (Lipinski definition) is 0. The predicted molar refractivity (Wildman–Crippen MR) is 321 cm³/mol. The maximum atomic E-state index is 12.9. The third-order valence-corrected chi connectivity index (χ3v) is 16.1. The lowest BCUT2D eigenvalue weighted by Gasteiger charge is -2.18. The van der Waals surface area contributed by atoms with Crippen molar-refractivity contribution < 1.29 is 28.6 Å². The molecule has 6 heteroatoms. The summed E-state index contributed by atoms with van der Waals surface area (Å²) >= 11 is 0. The van der Waals surface area contributed by atoms with Gasteiger partial charge in [-0.1, -0.05) is 349 Å². The second-order valence-corrected chi connectivity index (χ2v) is 24.2. The highest BCUT2D eigenvalue weighted by atomic mass is 16.6. The van der Waals surface area contributed by atoms with Crippen molar-refractivity contribution in [1.29, 1.82) is 0 Å². The molecule has 0 heterocycles. The van der Waals surface area contributed by atoms with Gasteiger partial charge in [0, 0.05) is 19.3 Å². The summed E-state index contributed by atoms with van der Waals surface area (Å²) in [5, 5.41) is 0. The first-order valence-corrected chi connectivity index (χ1v) is 33.8. The van der Waals surface area contributed by atoms with Crippen molar-refractivity contribution in [3.63, 3.8) is 0 Å². The minimum absolute atomic E-state index is 0.0614. The third-order valence-electron chi connectivity index (χ3n) is 16.1. The van der Waals surface area contributed by atoms with Crippen LogP contribution in [0.4, 0.5) is 0 Å². The summed E-state index contributed by atoms with van der Waals surface area (Å²) in [5.74, 6) is 0.941. The Labute approximate surface area is 463 Å². The molecule has 0 aromatic heterocycles. The van der Waals surface area contributed by atoms with E-state index in [0.717, 1.165) is 69.6 Å². The lowest BCUT2D eigenvalue weighted by Crippen LogP contribution is -2.30. The van der Waals surface area contributed by atoms with Crippen LogP contribution in [0, 0.1) is 11.8 Å². The number of carbonyl (C=O) groups excluding carboxylic acids is 3. The first kappa shape index (κ1) is 72.4. The van der Waals surface area contributed by atoms with Gasteiger partial charge in [0.25, 0.3) is 0 Å². The van der Waals surface area contributed by atoms with E-state index >= 15 is 0 Å². The highest BCUT2D eigenvalue weighted by Crippen LogP contribution is 2.20. The van der Waals surface area contributed by atoms with Crippen molar-refractivity contribution in [1.82, 2.24) is 0 Å². The van der Waals surface area contributed by atoms with Crippen molar-refractivity contribution in [3.05, 3.63) is 0 Å². The smallest absolute Gasteiger partial charge is 0.306 e. The van der Waals surface area contributed by atoms with Gasteiger partial charge in [-0.15, -0.1) is 0 Å². The fraction of sp³-hybridized carbons (Fsp3) is 0.956. The van der Waals surface area contributed by atoms with Crippen molar-refractivity contribution in [2.24, 2.45) is 11.8 Å². The Morgan fingerprint density at radius 2 is 0.514 bits per heavy atom. The SMILES string of the molecule is CCCCCCCCCCCCCCCC(=O)OC[C@H](COC(=O)CCCCCCCCCCCCCCCCCCCCC(C)CC)OC(=O)CCCCCCCCCCCCCCCCCCCCC(C)C. The normalized spacial score (nSPS) is 12.4. The summed E-state index contributed by atoms with van der Waals surface area (Å²) in [6, 6.07) is 0. The minimum atomic E-state index is -0.764. The molecule has 0 bridgehead atoms. The second-order valence-electron chi connectivity index (χ2n) is 24.2. The molecular formula is C68H132O6. The van der Waals surface area contributed by atoms with Gasteiger partial charge in [0.2, 0.25) is 0 Å². The molecule has 0 fully saturated rings. The molecule has 0 aliphatic carbocycles. The van der Waals surface area contributed by atoms with Crippen molar-refractivity contribution in [2.45, 2.75) is 394 Å². The number of hydrogen-bond acceptors (Lipinski definition) is 6. The zero-order valence-electron chi connectivity index (χ0n) is 51.0. The van der Waals surface area contributed by atoms with E-state index in [0.29, 0.717) is 19.3 Å². The van der Waals surface area contributed by atoms with Gasteiger partial charge < -0.3 is 14.2 Å². The molecule has 2 atom stereocenters. The molecule has 0 aromatic rings. The molecule has 0 amide bonds. The summed E-state index contributed by atoms with van der Waals surface area (Å²) in [5.41, 5.74) is 0. The van der Waals surface area contributed by atoms with E-state index < -0.39 is 6.10 Å². The summed E-state index contributed by atoms with van der Waals surface area (Å²) in [7, 11) is 0. The summed E-state index contributed by atoms with van der Waals surface area (Å²) in [4.78, 5) is 38.4. The number of unbranched alkanes of at least 4 members (excludes halogenated alkanes) is 46. The summed E-state index contributed by atoms with van der Waals surface area (Å²) in [6.45, 7) is 11.5. The largest absolute Gasteiger partial charge is 0.462 e. The Bertz CT molecular complexity index is 1140. The number of carbonyl (C=O) groups is 3. The average molecular weight is 1050 g/mol. The highest BCUT2D eigenvalue weighted by Gasteiger charge is 2.20. The summed E-state index contributed by atoms with van der Waals surface area (Å²) < 4.78 is 17.0. The standard InChI is InChI=1S/C68H132O6/c1-6-8-9-10-11-12-13-26-33-38-43-48-53-58-66(69)72-61-65(74-68(71)60-55-50-45-40-35-30-25-21-16-14-18-22-27-31-36-41-46-51-56-63(3)4)62-73-67(70)59-54-49-44-39-34-29-24-20-17-15-19-23-28-32-37-42-47-52-57-64(5)7-2/h63-65H,6-62H2,1-5H3/t64?,65-/m1/s1. The first-order chi connectivity index (χ1) is 36.3. The second kappa shape index (κ2) is 60.6.